The second kappa shape index (κ2) is 9.00. The van der Waals surface area contributed by atoms with Crippen LogP contribution in [-0.2, 0) is 17.7 Å². The van der Waals surface area contributed by atoms with Crippen LogP contribution >= 0.6 is 0 Å². The summed E-state index contributed by atoms with van der Waals surface area (Å²) in [5.74, 6) is 1.38. The minimum atomic E-state index is 0.604. The van der Waals surface area contributed by atoms with Gasteiger partial charge in [-0.05, 0) is 49.8 Å². The van der Waals surface area contributed by atoms with E-state index in [1.807, 2.05) is 0 Å². The SMILES string of the molecule is CCCNCc1cc(CC)nc(OCC2CCOCC2)c1. The maximum absolute atomic E-state index is 5.94. The van der Waals surface area contributed by atoms with Gasteiger partial charge in [-0.1, -0.05) is 13.8 Å². The Morgan fingerprint density at radius 2 is 2.10 bits per heavy atom. The highest BCUT2D eigenvalue weighted by atomic mass is 16.5. The third-order valence-corrected chi connectivity index (χ3v) is 3.84. The molecule has 1 aromatic heterocycles. The van der Waals surface area contributed by atoms with Crippen molar-refractivity contribution in [3.63, 3.8) is 0 Å². The van der Waals surface area contributed by atoms with Crippen molar-refractivity contribution in [1.29, 1.82) is 0 Å². The van der Waals surface area contributed by atoms with E-state index in [2.05, 4.69) is 36.3 Å². The lowest BCUT2D eigenvalue weighted by Crippen LogP contribution is -2.22. The zero-order chi connectivity index (χ0) is 14.9. The largest absolute Gasteiger partial charge is 0.477 e. The molecule has 1 N–H and O–H groups in total. The molecule has 0 aliphatic carbocycles. The Morgan fingerprint density at radius 1 is 1.29 bits per heavy atom. The van der Waals surface area contributed by atoms with Crippen LogP contribution in [0.3, 0.4) is 0 Å². The normalized spacial score (nSPS) is 16.1. The van der Waals surface area contributed by atoms with Crippen LogP contribution in [0.25, 0.3) is 0 Å². The van der Waals surface area contributed by atoms with Crippen molar-refractivity contribution >= 4 is 0 Å². The Bertz CT molecular complexity index is 417. The molecule has 0 bridgehead atoms. The van der Waals surface area contributed by atoms with Gasteiger partial charge in [-0.2, -0.15) is 0 Å². The number of nitrogens with one attached hydrogen (secondary N) is 1. The predicted octanol–water partition coefficient (Wildman–Crippen LogP) is 2.95. The van der Waals surface area contributed by atoms with Crippen molar-refractivity contribution in [3.8, 4) is 5.88 Å². The Balaban J connectivity index is 1.91. The molecule has 0 aromatic carbocycles. The van der Waals surface area contributed by atoms with Gasteiger partial charge in [0.25, 0.3) is 0 Å². The molecule has 1 aliphatic rings. The van der Waals surface area contributed by atoms with Crippen LogP contribution in [0.1, 0.15) is 44.4 Å². The van der Waals surface area contributed by atoms with Gasteiger partial charge in [-0.25, -0.2) is 4.98 Å². The summed E-state index contributed by atoms with van der Waals surface area (Å²) in [6, 6.07) is 4.24. The van der Waals surface area contributed by atoms with Gasteiger partial charge >= 0.3 is 0 Å². The number of hydrogen-bond acceptors (Lipinski definition) is 4. The van der Waals surface area contributed by atoms with E-state index >= 15 is 0 Å². The van der Waals surface area contributed by atoms with Gasteiger partial charge in [0.2, 0.25) is 5.88 Å². The molecule has 0 amide bonds. The van der Waals surface area contributed by atoms with Crippen molar-refractivity contribution in [2.24, 2.45) is 5.92 Å². The lowest BCUT2D eigenvalue weighted by atomic mass is 10.0. The summed E-state index contributed by atoms with van der Waals surface area (Å²) < 4.78 is 11.3. The van der Waals surface area contributed by atoms with E-state index in [1.165, 1.54) is 5.56 Å². The van der Waals surface area contributed by atoms with Gasteiger partial charge in [-0.3, -0.25) is 0 Å². The molecule has 1 fully saturated rings. The van der Waals surface area contributed by atoms with Gasteiger partial charge in [0, 0.05) is 31.5 Å². The average Bonchev–Trinajstić information content (AvgIpc) is 2.54. The summed E-state index contributed by atoms with van der Waals surface area (Å²) in [5, 5.41) is 3.44. The highest BCUT2D eigenvalue weighted by molar-refractivity contribution is 5.25. The highest BCUT2D eigenvalue weighted by Crippen LogP contribution is 2.18. The van der Waals surface area contributed by atoms with E-state index in [9.17, 15) is 0 Å². The number of nitrogens with zero attached hydrogens (tertiary/aromatic N) is 1. The number of rotatable bonds is 8. The van der Waals surface area contributed by atoms with Crippen molar-refractivity contribution in [2.75, 3.05) is 26.4 Å². The summed E-state index contributed by atoms with van der Waals surface area (Å²) in [4.78, 5) is 4.58. The Kier molecular flexibility index (Phi) is 6.96. The van der Waals surface area contributed by atoms with E-state index in [4.69, 9.17) is 9.47 Å². The third kappa shape index (κ3) is 5.64. The van der Waals surface area contributed by atoms with Crippen LogP contribution in [-0.4, -0.2) is 31.3 Å². The van der Waals surface area contributed by atoms with Crippen molar-refractivity contribution < 1.29 is 9.47 Å². The maximum Gasteiger partial charge on any atom is 0.213 e. The molecular formula is C17H28N2O2. The standard InChI is InChI=1S/C17H28N2O2/c1-3-7-18-12-15-10-16(4-2)19-17(11-15)21-13-14-5-8-20-9-6-14/h10-11,14,18H,3-9,12-13H2,1-2H3. The van der Waals surface area contributed by atoms with E-state index < -0.39 is 0 Å². The van der Waals surface area contributed by atoms with Crippen LogP contribution in [0.5, 0.6) is 5.88 Å². The molecule has 1 aliphatic heterocycles. The first-order chi connectivity index (χ1) is 10.3. The van der Waals surface area contributed by atoms with Crippen LogP contribution in [0, 0.1) is 5.92 Å². The quantitative estimate of drug-likeness (QED) is 0.748. The Morgan fingerprint density at radius 3 is 2.81 bits per heavy atom. The highest BCUT2D eigenvalue weighted by Gasteiger charge is 2.15. The first-order valence-electron chi connectivity index (χ1n) is 8.23. The fourth-order valence-corrected chi connectivity index (χ4v) is 2.50. The average molecular weight is 292 g/mol. The summed E-state index contributed by atoms with van der Waals surface area (Å²) >= 11 is 0. The van der Waals surface area contributed by atoms with Crippen LogP contribution in [0.2, 0.25) is 0 Å². The van der Waals surface area contributed by atoms with Gasteiger partial charge in [0.1, 0.15) is 0 Å². The molecule has 4 heteroatoms. The topological polar surface area (TPSA) is 43.4 Å². The first-order valence-corrected chi connectivity index (χ1v) is 8.23. The minimum absolute atomic E-state index is 0.604. The van der Waals surface area contributed by atoms with Gasteiger partial charge in [-0.15, -0.1) is 0 Å². The second-order valence-electron chi connectivity index (χ2n) is 5.70. The smallest absolute Gasteiger partial charge is 0.213 e. The zero-order valence-corrected chi connectivity index (χ0v) is 13.4. The molecule has 0 radical (unpaired) electrons. The molecule has 1 aromatic rings. The second-order valence-corrected chi connectivity index (χ2v) is 5.70. The van der Waals surface area contributed by atoms with E-state index in [1.54, 1.807) is 0 Å². The Labute approximate surface area is 128 Å². The van der Waals surface area contributed by atoms with Crippen molar-refractivity contribution in [1.82, 2.24) is 10.3 Å². The molecule has 0 saturated carbocycles. The van der Waals surface area contributed by atoms with Crippen LogP contribution < -0.4 is 10.1 Å². The van der Waals surface area contributed by atoms with Crippen LogP contribution in [0.15, 0.2) is 12.1 Å². The van der Waals surface area contributed by atoms with Gasteiger partial charge in [0.15, 0.2) is 0 Å². The van der Waals surface area contributed by atoms with Gasteiger partial charge in [0.05, 0.1) is 6.61 Å². The fourth-order valence-electron chi connectivity index (χ4n) is 2.50. The van der Waals surface area contributed by atoms with Crippen molar-refractivity contribution in [2.45, 2.75) is 46.1 Å². The molecule has 2 heterocycles. The summed E-state index contributed by atoms with van der Waals surface area (Å²) in [7, 11) is 0. The van der Waals surface area contributed by atoms with E-state index in [-0.39, 0.29) is 0 Å². The number of aryl methyl sites for hydroxylation is 1. The monoisotopic (exact) mass is 292 g/mol. The van der Waals surface area contributed by atoms with Crippen molar-refractivity contribution in [3.05, 3.63) is 23.4 Å². The molecular weight excluding hydrogens is 264 g/mol. The lowest BCUT2D eigenvalue weighted by Gasteiger charge is -2.22. The number of aromatic nitrogens is 1. The molecule has 0 spiro atoms. The van der Waals surface area contributed by atoms with E-state index in [0.29, 0.717) is 5.92 Å². The maximum atomic E-state index is 5.94. The molecule has 4 nitrogen and oxygen atoms in total. The number of ether oxygens (including phenoxy) is 2. The predicted molar refractivity (Wildman–Crippen MR) is 84.7 cm³/mol. The summed E-state index contributed by atoms with van der Waals surface area (Å²) in [5.41, 5.74) is 2.37. The molecule has 1 saturated heterocycles. The molecule has 118 valence electrons. The molecule has 0 atom stereocenters. The van der Waals surface area contributed by atoms with E-state index in [0.717, 1.165) is 70.2 Å². The summed E-state index contributed by atoms with van der Waals surface area (Å²) in [6.07, 6.45) is 4.28. The summed E-state index contributed by atoms with van der Waals surface area (Å²) in [6.45, 7) is 8.73. The first kappa shape index (κ1) is 16.2. The number of pyridine rings is 1. The molecule has 0 unspecified atom stereocenters. The third-order valence-electron chi connectivity index (χ3n) is 3.84. The number of hydrogen-bond donors (Lipinski definition) is 1. The fraction of sp³-hybridized carbons (Fsp3) is 0.706. The molecule has 2 rings (SSSR count). The van der Waals surface area contributed by atoms with Gasteiger partial charge < -0.3 is 14.8 Å². The minimum Gasteiger partial charge on any atom is -0.477 e. The van der Waals surface area contributed by atoms with Crippen LogP contribution in [0.4, 0.5) is 0 Å². The molecule has 21 heavy (non-hydrogen) atoms. The zero-order valence-electron chi connectivity index (χ0n) is 13.4. The Hall–Kier alpha value is -1.13. The lowest BCUT2D eigenvalue weighted by molar-refractivity contribution is 0.0490.